The van der Waals surface area contributed by atoms with Crippen LogP contribution in [0.3, 0.4) is 0 Å². The summed E-state index contributed by atoms with van der Waals surface area (Å²) in [7, 11) is 0. The number of aromatic amines is 1. The maximum atomic E-state index is 12.0. The molecular formula is C14H23N3O. The Morgan fingerprint density at radius 1 is 1.39 bits per heavy atom. The first-order chi connectivity index (χ1) is 8.79. The number of carbonyl (C=O) groups is 1. The van der Waals surface area contributed by atoms with Crippen LogP contribution in [0.2, 0.25) is 0 Å². The maximum Gasteiger partial charge on any atom is 0.223 e. The van der Waals surface area contributed by atoms with Crippen LogP contribution < -0.4 is 11.1 Å². The van der Waals surface area contributed by atoms with Crippen molar-refractivity contribution in [3.05, 3.63) is 24.0 Å². The summed E-state index contributed by atoms with van der Waals surface area (Å²) in [4.78, 5) is 15.0. The van der Waals surface area contributed by atoms with Crippen LogP contribution in [0.25, 0.3) is 0 Å². The number of carbonyl (C=O) groups excluding carboxylic acids is 1. The summed E-state index contributed by atoms with van der Waals surface area (Å²) >= 11 is 0. The lowest BCUT2D eigenvalue weighted by atomic mass is 9.80. The van der Waals surface area contributed by atoms with Crippen molar-refractivity contribution in [2.24, 2.45) is 17.6 Å². The van der Waals surface area contributed by atoms with Gasteiger partial charge in [0.15, 0.2) is 0 Å². The minimum absolute atomic E-state index is 0.206. The third-order valence-electron chi connectivity index (χ3n) is 3.92. The average molecular weight is 249 g/mol. The number of H-pyrrole nitrogens is 1. The molecule has 1 heterocycles. The molecule has 1 amide bonds. The van der Waals surface area contributed by atoms with Crippen LogP contribution in [0.4, 0.5) is 0 Å². The van der Waals surface area contributed by atoms with Crippen LogP contribution in [0.5, 0.6) is 0 Å². The number of nitrogens with one attached hydrogen (secondary N) is 2. The van der Waals surface area contributed by atoms with Gasteiger partial charge in [0.1, 0.15) is 0 Å². The van der Waals surface area contributed by atoms with Crippen molar-refractivity contribution in [2.75, 3.05) is 6.54 Å². The highest BCUT2D eigenvalue weighted by atomic mass is 16.1. The van der Waals surface area contributed by atoms with Crippen LogP contribution >= 0.6 is 0 Å². The van der Waals surface area contributed by atoms with Crippen LogP contribution in [-0.2, 0) is 11.3 Å². The zero-order valence-corrected chi connectivity index (χ0v) is 10.8. The van der Waals surface area contributed by atoms with Gasteiger partial charge in [0, 0.05) is 24.9 Å². The standard InChI is InChI=1S/C14H23N3O/c15-7-5-11-1-3-13(4-2-11)14(18)17-10-12-6-8-16-9-12/h6,8-9,11,13,16H,1-5,7,10,15H2,(H,17,18). The summed E-state index contributed by atoms with van der Waals surface area (Å²) < 4.78 is 0. The minimum Gasteiger partial charge on any atom is -0.367 e. The molecule has 1 aliphatic rings. The zero-order chi connectivity index (χ0) is 12.8. The van der Waals surface area contributed by atoms with Gasteiger partial charge >= 0.3 is 0 Å². The lowest BCUT2D eigenvalue weighted by Crippen LogP contribution is -2.33. The summed E-state index contributed by atoms with van der Waals surface area (Å²) in [5.41, 5.74) is 6.70. The van der Waals surface area contributed by atoms with Gasteiger partial charge in [-0.3, -0.25) is 4.79 Å². The molecule has 0 bridgehead atoms. The molecule has 0 spiro atoms. The van der Waals surface area contributed by atoms with E-state index < -0.39 is 0 Å². The van der Waals surface area contributed by atoms with Gasteiger partial charge in [-0.25, -0.2) is 0 Å². The Bertz CT molecular complexity index is 353. The van der Waals surface area contributed by atoms with Crippen LogP contribution in [0.1, 0.15) is 37.7 Å². The van der Waals surface area contributed by atoms with Crippen molar-refractivity contribution in [1.29, 1.82) is 0 Å². The molecule has 0 aliphatic heterocycles. The third-order valence-corrected chi connectivity index (χ3v) is 3.92. The van der Waals surface area contributed by atoms with Crippen molar-refractivity contribution >= 4 is 5.91 Å². The number of aromatic nitrogens is 1. The van der Waals surface area contributed by atoms with Gasteiger partial charge in [-0.1, -0.05) is 0 Å². The molecule has 4 nitrogen and oxygen atoms in total. The topological polar surface area (TPSA) is 70.9 Å². The molecule has 0 saturated heterocycles. The third kappa shape index (κ3) is 3.60. The molecule has 2 rings (SSSR count). The summed E-state index contributed by atoms with van der Waals surface area (Å²) in [6.07, 6.45) is 9.24. The second-order valence-electron chi connectivity index (χ2n) is 5.23. The maximum absolute atomic E-state index is 12.0. The van der Waals surface area contributed by atoms with E-state index in [-0.39, 0.29) is 11.8 Å². The van der Waals surface area contributed by atoms with Crippen LogP contribution in [-0.4, -0.2) is 17.4 Å². The Kier molecular flexibility index (Phi) is 4.81. The highest BCUT2D eigenvalue weighted by Crippen LogP contribution is 2.30. The van der Waals surface area contributed by atoms with Gasteiger partial charge in [-0.05, 0) is 56.2 Å². The molecule has 100 valence electrons. The molecular weight excluding hydrogens is 226 g/mol. The van der Waals surface area contributed by atoms with Gasteiger partial charge in [0.25, 0.3) is 0 Å². The summed E-state index contributed by atoms with van der Waals surface area (Å²) in [6, 6.07) is 1.98. The van der Waals surface area contributed by atoms with Crippen molar-refractivity contribution in [1.82, 2.24) is 10.3 Å². The lowest BCUT2D eigenvalue weighted by Gasteiger charge is -2.27. The largest absolute Gasteiger partial charge is 0.367 e. The van der Waals surface area contributed by atoms with Crippen molar-refractivity contribution in [3.8, 4) is 0 Å². The second-order valence-corrected chi connectivity index (χ2v) is 5.23. The average Bonchev–Trinajstić information content (AvgIpc) is 2.90. The Hall–Kier alpha value is -1.29. The zero-order valence-electron chi connectivity index (χ0n) is 10.8. The normalized spacial score (nSPS) is 23.8. The fraction of sp³-hybridized carbons (Fsp3) is 0.643. The second kappa shape index (κ2) is 6.59. The monoisotopic (exact) mass is 249 g/mol. The van der Waals surface area contributed by atoms with E-state index in [1.165, 1.54) is 0 Å². The van der Waals surface area contributed by atoms with E-state index in [0.29, 0.717) is 6.54 Å². The lowest BCUT2D eigenvalue weighted by molar-refractivity contribution is -0.126. The minimum atomic E-state index is 0.206. The van der Waals surface area contributed by atoms with Crippen molar-refractivity contribution in [2.45, 2.75) is 38.6 Å². The predicted octanol–water partition coefficient (Wildman–Crippen LogP) is 1.79. The number of hydrogen-bond donors (Lipinski definition) is 3. The molecule has 0 atom stereocenters. The molecule has 0 unspecified atom stereocenters. The highest BCUT2D eigenvalue weighted by molar-refractivity contribution is 5.78. The fourth-order valence-corrected chi connectivity index (χ4v) is 2.75. The number of hydrogen-bond acceptors (Lipinski definition) is 2. The van der Waals surface area contributed by atoms with Gasteiger partial charge in [0.2, 0.25) is 5.91 Å². The fourth-order valence-electron chi connectivity index (χ4n) is 2.75. The number of amides is 1. The van der Waals surface area contributed by atoms with Gasteiger partial charge in [-0.15, -0.1) is 0 Å². The summed E-state index contributed by atoms with van der Waals surface area (Å²) in [6.45, 7) is 1.40. The number of nitrogens with two attached hydrogens (primary N) is 1. The predicted molar refractivity (Wildman–Crippen MR) is 71.8 cm³/mol. The van der Waals surface area contributed by atoms with Crippen LogP contribution in [0, 0.1) is 11.8 Å². The molecule has 4 heteroatoms. The highest BCUT2D eigenvalue weighted by Gasteiger charge is 2.25. The number of rotatable bonds is 5. The van der Waals surface area contributed by atoms with E-state index in [2.05, 4.69) is 10.3 Å². The first-order valence-corrected chi connectivity index (χ1v) is 6.89. The van der Waals surface area contributed by atoms with Crippen molar-refractivity contribution < 1.29 is 4.79 Å². The Balaban J connectivity index is 1.70. The van der Waals surface area contributed by atoms with Gasteiger partial charge < -0.3 is 16.0 Å². The Labute approximate surface area is 108 Å². The van der Waals surface area contributed by atoms with Gasteiger partial charge in [0.05, 0.1) is 0 Å². The van der Waals surface area contributed by atoms with Crippen molar-refractivity contribution in [3.63, 3.8) is 0 Å². The Morgan fingerprint density at radius 3 is 2.78 bits per heavy atom. The molecule has 18 heavy (non-hydrogen) atoms. The molecule has 1 saturated carbocycles. The van der Waals surface area contributed by atoms with E-state index >= 15 is 0 Å². The molecule has 0 radical (unpaired) electrons. The van der Waals surface area contributed by atoms with E-state index in [1.54, 1.807) is 0 Å². The Morgan fingerprint density at radius 2 is 2.17 bits per heavy atom. The molecule has 1 aliphatic carbocycles. The van der Waals surface area contributed by atoms with Gasteiger partial charge in [-0.2, -0.15) is 0 Å². The first-order valence-electron chi connectivity index (χ1n) is 6.89. The summed E-state index contributed by atoms with van der Waals surface area (Å²) in [5.74, 6) is 1.16. The quantitative estimate of drug-likeness (QED) is 0.744. The van der Waals surface area contributed by atoms with E-state index in [9.17, 15) is 4.79 Å². The molecule has 1 aromatic heterocycles. The molecule has 4 N–H and O–H groups in total. The summed E-state index contributed by atoms with van der Waals surface area (Å²) in [5, 5.41) is 3.02. The van der Waals surface area contributed by atoms with Crippen LogP contribution in [0.15, 0.2) is 18.5 Å². The molecule has 1 aromatic rings. The molecule has 0 aromatic carbocycles. The van der Waals surface area contributed by atoms with E-state index in [1.807, 2.05) is 18.5 Å². The smallest absolute Gasteiger partial charge is 0.223 e. The first kappa shape index (κ1) is 13.1. The van der Waals surface area contributed by atoms with E-state index in [0.717, 1.165) is 50.1 Å². The van der Waals surface area contributed by atoms with E-state index in [4.69, 9.17) is 5.73 Å². The molecule has 1 fully saturated rings. The SMILES string of the molecule is NCCC1CCC(C(=O)NCc2cc[nH]c2)CC1.